The van der Waals surface area contributed by atoms with Gasteiger partial charge < -0.3 is 4.74 Å². The number of rotatable bonds is 5. The Balaban J connectivity index is 1.64. The van der Waals surface area contributed by atoms with Crippen molar-refractivity contribution in [3.05, 3.63) is 38.3 Å². The Morgan fingerprint density at radius 2 is 2.12 bits per heavy atom. The van der Waals surface area contributed by atoms with Gasteiger partial charge in [0.15, 0.2) is 11.7 Å². The number of anilines is 1. The predicted molar refractivity (Wildman–Crippen MR) is 106 cm³/mol. The van der Waals surface area contributed by atoms with E-state index in [0.29, 0.717) is 11.0 Å². The molecule has 1 aromatic carbocycles. The summed E-state index contributed by atoms with van der Waals surface area (Å²) in [4.78, 5) is 18.1. The Bertz CT molecular complexity index is 762. The van der Waals surface area contributed by atoms with Crippen molar-refractivity contribution in [1.82, 2.24) is 4.98 Å². The van der Waals surface area contributed by atoms with E-state index in [2.05, 4.69) is 46.1 Å². The van der Waals surface area contributed by atoms with Gasteiger partial charge in [0.2, 0.25) is 0 Å². The lowest BCUT2D eigenvalue weighted by Gasteiger charge is -2.15. The van der Waals surface area contributed by atoms with Crippen LogP contribution in [0.15, 0.2) is 16.6 Å². The van der Waals surface area contributed by atoms with E-state index in [1.807, 2.05) is 13.0 Å². The molecule has 0 saturated heterocycles. The van der Waals surface area contributed by atoms with Crippen molar-refractivity contribution in [3.63, 3.8) is 0 Å². The molecule has 134 valence electrons. The number of aryl methyl sites for hydroxylation is 3. The summed E-state index contributed by atoms with van der Waals surface area (Å²) in [6.45, 7) is 6.24. The molecule has 4 nitrogen and oxygen atoms in total. The molecule has 0 aliphatic heterocycles. The minimum absolute atomic E-state index is 0.00889. The highest BCUT2D eigenvalue weighted by atomic mass is 79.9. The van der Waals surface area contributed by atoms with Crippen LogP contribution in [0.5, 0.6) is 5.75 Å². The zero-order valence-corrected chi connectivity index (χ0v) is 17.2. The predicted octanol–water partition coefficient (Wildman–Crippen LogP) is 5.23. The highest BCUT2D eigenvalue weighted by molar-refractivity contribution is 9.10. The summed E-state index contributed by atoms with van der Waals surface area (Å²) < 4.78 is 6.87. The van der Waals surface area contributed by atoms with Gasteiger partial charge in [0.05, 0.1) is 5.69 Å². The molecule has 0 atom stereocenters. The van der Waals surface area contributed by atoms with Crippen LogP contribution < -0.4 is 10.1 Å². The maximum Gasteiger partial charge on any atom is 0.264 e. The van der Waals surface area contributed by atoms with Crippen LogP contribution in [0.4, 0.5) is 5.13 Å². The molecule has 1 aromatic heterocycles. The Labute approximate surface area is 161 Å². The number of aromatic nitrogens is 1. The van der Waals surface area contributed by atoms with Crippen molar-refractivity contribution in [2.75, 3.05) is 11.9 Å². The number of nitrogens with one attached hydrogen (secondary N) is 1. The standard InChI is InChI=1S/C19H23BrN2O2S/c1-11(2)13-9-14(20)12(3)8-16(13)24-10-18(23)22-19-21-15-6-4-5-7-17(15)25-19/h8-9,11H,4-7,10H2,1-3H3,(H,21,22,23). The summed E-state index contributed by atoms with van der Waals surface area (Å²) in [5.41, 5.74) is 3.33. The van der Waals surface area contributed by atoms with E-state index < -0.39 is 0 Å². The topological polar surface area (TPSA) is 51.2 Å². The van der Waals surface area contributed by atoms with E-state index in [9.17, 15) is 4.79 Å². The average molecular weight is 423 g/mol. The zero-order chi connectivity index (χ0) is 18.0. The SMILES string of the molecule is Cc1cc(OCC(=O)Nc2nc3c(s2)CCCC3)c(C(C)C)cc1Br. The summed E-state index contributed by atoms with van der Waals surface area (Å²) >= 11 is 5.15. The van der Waals surface area contributed by atoms with Crippen molar-refractivity contribution < 1.29 is 9.53 Å². The molecule has 0 fully saturated rings. The smallest absolute Gasteiger partial charge is 0.264 e. The second-order valence-corrected chi connectivity index (χ2v) is 8.66. The van der Waals surface area contributed by atoms with E-state index in [4.69, 9.17) is 4.74 Å². The highest BCUT2D eigenvalue weighted by Crippen LogP contribution is 2.32. The molecule has 3 rings (SSSR count). The van der Waals surface area contributed by atoms with Crippen LogP contribution in [0.25, 0.3) is 0 Å². The number of carbonyl (C=O) groups is 1. The van der Waals surface area contributed by atoms with Gasteiger partial charge in [-0.3, -0.25) is 10.1 Å². The Hall–Kier alpha value is -1.40. The first kappa shape index (κ1) is 18.4. The number of amides is 1. The van der Waals surface area contributed by atoms with E-state index in [1.54, 1.807) is 11.3 Å². The quantitative estimate of drug-likeness (QED) is 0.716. The monoisotopic (exact) mass is 422 g/mol. The van der Waals surface area contributed by atoms with Gasteiger partial charge in [-0.2, -0.15) is 0 Å². The maximum absolute atomic E-state index is 12.3. The van der Waals surface area contributed by atoms with Crippen molar-refractivity contribution >= 4 is 38.3 Å². The Kier molecular flexibility index (Phi) is 5.79. The fraction of sp³-hybridized carbons (Fsp3) is 0.474. The van der Waals surface area contributed by atoms with Gasteiger partial charge in [-0.15, -0.1) is 11.3 Å². The minimum atomic E-state index is -0.165. The molecule has 1 aliphatic carbocycles. The lowest BCUT2D eigenvalue weighted by Crippen LogP contribution is -2.20. The number of thiazole rings is 1. The molecule has 6 heteroatoms. The molecule has 1 N–H and O–H groups in total. The number of hydrogen-bond donors (Lipinski definition) is 1. The highest BCUT2D eigenvalue weighted by Gasteiger charge is 2.17. The number of fused-ring (bicyclic) bond motifs is 1. The van der Waals surface area contributed by atoms with Crippen LogP contribution in [0, 0.1) is 6.92 Å². The summed E-state index contributed by atoms with van der Waals surface area (Å²) in [7, 11) is 0. The minimum Gasteiger partial charge on any atom is -0.483 e. The van der Waals surface area contributed by atoms with Gasteiger partial charge in [-0.05, 0) is 61.8 Å². The van der Waals surface area contributed by atoms with Gasteiger partial charge >= 0.3 is 0 Å². The first-order valence-corrected chi connectivity index (χ1v) is 10.3. The number of benzene rings is 1. The van der Waals surface area contributed by atoms with Gasteiger partial charge in [0, 0.05) is 9.35 Å². The summed E-state index contributed by atoms with van der Waals surface area (Å²) in [6.07, 6.45) is 4.50. The lowest BCUT2D eigenvalue weighted by atomic mass is 10.0. The van der Waals surface area contributed by atoms with Crippen LogP contribution in [0.1, 0.15) is 54.3 Å². The van der Waals surface area contributed by atoms with Gasteiger partial charge in [-0.1, -0.05) is 29.8 Å². The zero-order valence-electron chi connectivity index (χ0n) is 14.8. The third-order valence-electron chi connectivity index (χ3n) is 4.36. The van der Waals surface area contributed by atoms with Crippen molar-refractivity contribution in [3.8, 4) is 5.75 Å². The van der Waals surface area contributed by atoms with Crippen LogP contribution >= 0.6 is 27.3 Å². The number of carbonyl (C=O) groups excluding carboxylic acids is 1. The molecule has 1 amide bonds. The van der Waals surface area contributed by atoms with Crippen molar-refractivity contribution in [1.29, 1.82) is 0 Å². The first-order chi connectivity index (χ1) is 11.9. The van der Waals surface area contributed by atoms with Crippen molar-refractivity contribution in [2.45, 2.75) is 52.4 Å². The fourth-order valence-electron chi connectivity index (χ4n) is 2.95. The van der Waals surface area contributed by atoms with Crippen LogP contribution in [0.3, 0.4) is 0 Å². The Morgan fingerprint density at radius 1 is 1.36 bits per heavy atom. The molecule has 0 spiro atoms. The van der Waals surface area contributed by atoms with Gasteiger partial charge in [0.25, 0.3) is 5.91 Å². The molecular formula is C19H23BrN2O2S. The average Bonchev–Trinajstić information content (AvgIpc) is 2.97. The number of halogens is 1. The summed E-state index contributed by atoms with van der Waals surface area (Å²) in [6, 6.07) is 4.05. The molecule has 1 aliphatic rings. The molecular weight excluding hydrogens is 400 g/mol. The van der Waals surface area contributed by atoms with E-state index in [0.717, 1.165) is 39.9 Å². The number of hydrogen-bond acceptors (Lipinski definition) is 4. The normalized spacial score (nSPS) is 13.6. The lowest BCUT2D eigenvalue weighted by molar-refractivity contribution is -0.118. The molecule has 0 bridgehead atoms. The molecule has 1 heterocycles. The second-order valence-electron chi connectivity index (χ2n) is 6.73. The van der Waals surface area contributed by atoms with Gasteiger partial charge in [-0.25, -0.2) is 4.98 Å². The molecule has 0 saturated carbocycles. The largest absolute Gasteiger partial charge is 0.483 e. The van der Waals surface area contributed by atoms with Crippen LogP contribution in [-0.2, 0) is 17.6 Å². The molecule has 2 aromatic rings. The molecule has 0 unspecified atom stereocenters. The maximum atomic E-state index is 12.3. The Morgan fingerprint density at radius 3 is 2.84 bits per heavy atom. The second kappa shape index (κ2) is 7.87. The molecule has 25 heavy (non-hydrogen) atoms. The number of nitrogens with zero attached hydrogens (tertiary/aromatic N) is 1. The fourth-order valence-corrected chi connectivity index (χ4v) is 4.38. The van der Waals surface area contributed by atoms with Crippen molar-refractivity contribution in [2.24, 2.45) is 0 Å². The third-order valence-corrected chi connectivity index (χ3v) is 6.29. The van der Waals surface area contributed by atoms with Crippen LogP contribution in [0.2, 0.25) is 0 Å². The van der Waals surface area contributed by atoms with Crippen LogP contribution in [-0.4, -0.2) is 17.5 Å². The van der Waals surface area contributed by atoms with E-state index >= 15 is 0 Å². The molecule has 0 radical (unpaired) electrons. The van der Waals surface area contributed by atoms with Gasteiger partial charge in [0.1, 0.15) is 5.75 Å². The first-order valence-electron chi connectivity index (χ1n) is 8.65. The summed E-state index contributed by atoms with van der Waals surface area (Å²) in [5, 5.41) is 3.57. The third kappa shape index (κ3) is 4.42. The van der Waals surface area contributed by atoms with E-state index in [-0.39, 0.29) is 12.5 Å². The number of ether oxygens (including phenoxy) is 1. The summed E-state index contributed by atoms with van der Waals surface area (Å²) in [5.74, 6) is 0.923. The van der Waals surface area contributed by atoms with E-state index in [1.165, 1.54) is 17.7 Å².